The standard InChI is InChI=1S/C14H12Cl2FN/c1-18-8-9-6-11(17)3-4-12(9)13-7-10(15)2-5-14(13)16/h2-7,18H,8H2,1H3. The first kappa shape index (κ1) is 13.3. The van der Waals surface area contributed by atoms with Crippen molar-refractivity contribution in [3.8, 4) is 11.1 Å². The minimum atomic E-state index is -0.262. The van der Waals surface area contributed by atoms with E-state index in [4.69, 9.17) is 23.2 Å². The van der Waals surface area contributed by atoms with Crippen LogP contribution in [0.15, 0.2) is 36.4 Å². The Labute approximate surface area is 116 Å². The van der Waals surface area contributed by atoms with E-state index in [9.17, 15) is 4.39 Å². The van der Waals surface area contributed by atoms with Crippen LogP contribution >= 0.6 is 23.2 Å². The summed E-state index contributed by atoms with van der Waals surface area (Å²) in [7, 11) is 1.81. The second-order valence-electron chi connectivity index (χ2n) is 3.96. The van der Waals surface area contributed by atoms with Gasteiger partial charge in [-0.2, -0.15) is 0 Å². The lowest BCUT2D eigenvalue weighted by molar-refractivity contribution is 0.624. The Bertz CT molecular complexity index is 570. The molecule has 0 unspecified atom stereocenters. The van der Waals surface area contributed by atoms with Gasteiger partial charge in [0.05, 0.1) is 0 Å². The van der Waals surface area contributed by atoms with Crippen molar-refractivity contribution >= 4 is 23.2 Å². The van der Waals surface area contributed by atoms with E-state index in [1.165, 1.54) is 12.1 Å². The SMILES string of the molecule is CNCc1cc(F)ccc1-c1cc(Cl)ccc1Cl. The van der Waals surface area contributed by atoms with E-state index in [-0.39, 0.29) is 5.82 Å². The molecule has 94 valence electrons. The topological polar surface area (TPSA) is 12.0 Å². The third-order valence-electron chi connectivity index (χ3n) is 2.65. The monoisotopic (exact) mass is 283 g/mol. The molecule has 0 spiro atoms. The van der Waals surface area contributed by atoms with Crippen molar-refractivity contribution in [3.63, 3.8) is 0 Å². The van der Waals surface area contributed by atoms with Gasteiger partial charge in [-0.15, -0.1) is 0 Å². The number of rotatable bonds is 3. The van der Waals surface area contributed by atoms with Gasteiger partial charge in [-0.1, -0.05) is 29.3 Å². The lowest BCUT2D eigenvalue weighted by Gasteiger charge is -2.11. The van der Waals surface area contributed by atoms with Crippen LogP contribution in [0.5, 0.6) is 0 Å². The molecule has 0 saturated carbocycles. The first-order valence-corrected chi connectivity index (χ1v) is 6.26. The summed E-state index contributed by atoms with van der Waals surface area (Å²) in [5, 5.41) is 4.22. The van der Waals surface area contributed by atoms with Crippen LogP contribution in [0.3, 0.4) is 0 Å². The Hall–Kier alpha value is -1.09. The van der Waals surface area contributed by atoms with Gasteiger partial charge in [-0.3, -0.25) is 0 Å². The number of hydrogen-bond donors (Lipinski definition) is 1. The first-order valence-electron chi connectivity index (χ1n) is 5.50. The normalized spacial score (nSPS) is 10.7. The fraction of sp³-hybridized carbons (Fsp3) is 0.143. The number of hydrogen-bond acceptors (Lipinski definition) is 1. The lowest BCUT2D eigenvalue weighted by atomic mass is 9.99. The van der Waals surface area contributed by atoms with Crippen LogP contribution in [0.25, 0.3) is 11.1 Å². The van der Waals surface area contributed by atoms with E-state index in [1.807, 2.05) is 7.05 Å². The molecule has 1 nitrogen and oxygen atoms in total. The predicted octanol–water partition coefficient (Wildman–Crippen LogP) is 4.52. The molecule has 1 N–H and O–H groups in total. The van der Waals surface area contributed by atoms with Crippen molar-refractivity contribution in [2.45, 2.75) is 6.54 Å². The highest BCUT2D eigenvalue weighted by atomic mass is 35.5. The third kappa shape index (κ3) is 2.83. The summed E-state index contributed by atoms with van der Waals surface area (Å²) in [6.45, 7) is 0.565. The summed E-state index contributed by atoms with van der Waals surface area (Å²) in [6, 6.07) is 9.91. The molecule has 2 rings (SSSR count). The van der Waals surface area contributed by atoms with Crippen LogP contribution in [-0.4, -0.2) is 7.05 Å². The Kier molecular flexibility index (Phi) is 4.23. The average molecular weight is 284 g/mol. The van der Waals surface area contributed by atoms with Crippen LogP contribution in [0.4, 0.5) is 4.39 Å². The number of halogens is 3. The van der Waals surface area contributed by atoms with Gasteiger partial charge in [0.1, 0.15) is 5.82 Å². The molecule has 0 radical (unpaired) electrons. The average Bonchev–Trinajstić information content (AvgIpc) is 2.33. The molecule has 0 heterocycles. The Morgan fingerprint density at radius 3 is 2.56 bits per heavy atom. The smallest absolute Gasteiger partial charge is 0.123 e. The molecule has 0 aliphatic heterocycles. The van der Waals surface area contributed by atoms with E-state index < -0.39 is 0 Å². The highest BCUT2D eigenvalue weighted by Gasteiger charge is 2.10. The van der Waals surface area contributed by atoms with E-state index in [1.54, 1.807) is 24.3 Å². The van der Waals surface area contributed by atoms with Gasteiger partial charge in [0.2, 0.25) is 0 Å². The molecular formula is C14H12Cl2FN. The van der Waals surface area contributed by atoms with Crippen LogP contribution in [0.1, 0.15) is 5.56 Å². The van der Waals surface area contributed by atoms with E-state index in [0.717, 1.165) is 16.7 Å². The molecule has 0 aliphatic carbocycles. The molecule has 2 aromatic rings. The van der Waals surface area contributed by atoms with Crippen LogP contribution in [-0.2, 0) is 6.54 Å². The van der Waals surface area contributed by atoms with Crippen molar-refractivity contribution in [2.75, 3.05) is 7.05 Å². The van der Waals surface area contributed by atoms with E-state index in [0.29, 0.717) is 16.6 Å². The van der Waals surface area contributed by atoms with Crippen molar-refractivity contribution in [3.05, 3.63) is 57.8 Å². The van der Waals surface area contributed by atoms with Crippen molar-refractivity contribution in [1.29, 1.82) is 0 Å². The van der Waals surface area contributed by atoms with Crippen LogP contribution < -0.4 is 5.32 Å². The largest absolute Gasteiger partial charge is 0.316 e. The molecule has 2 aromatic carbocycles. The molecule has 0 saturated heterocycles. The van der Waals surface area contributed by atoms with Crippen LogP contribution in [0, 0.1) is 5.82 Å². The second-order valence-corrected chi connectivity index (χ2v) is 4.80. The molecule has 0 aromatic heterocycles. The van der Waals surface area contributed by atoms with E-state index >= 15 is 0 Å². The van der Waals surface area contributed by atoms with Gasteiger partial charge >= 0.3 is 0 Å². The van der Waals surface area contributed by atoms with Gasteiger partial charge in [-0.25, -0.2) is 4.39 Å². The summed E-state index contributed by atoms with van der Waals surface area (Å²) in [5.74, 6) is -0.262. The van der Waals surface area contributed by atoms with Gasteiger partial charge in [0, 0.05) is 22.2 Å². The molecule has 0 amide bonds. The van der Waals surface area contributed by atoms with Crippen molar-refractivity contribution in [2.24, 2.45) is 0 Å². The molecular weight excluding hydrogens is 272 g/mol. The zero-order chi connectivity index (χ0) is 13.1. The highest BCUT2D eigenvalue weighted by molar-refractivity contribution is 6.35. The maximum Gasteiger partial charge on any atom is 0.123 e. The predicted molar refractivity (Wildman–Crippen MR) is 74.6 cm³/mol. The van der Waals surface area contributed by atoms with Gasteiger partial charge in [-0.05, 0) is 48.5 Å². The quantitative estimate of drug-likeness (QED) is 0.873. The minimum Gasteiger partial charge on any atom is -0.316 e. The third-order valence-corrected chi connectivity index (χ3v) is 3.22. The number of benzene rings is 2. The fourth-order valence-corrected chi connectivity index (χ4v) is 2.26. The van der Waals surface area contributed by atoms with Crippen molar-refractivity contribution < 1.29 is 4.39 Å². The van der Waals surface area contributed by atoms with Crippen LogP contribution in [0.2, 0.25) is 10.0 Å². The summed E-state index contributed by atoms with van der Waals surface area (Å²) < 4.78 is 13.3. The summed E-state index contributed by atoms with van der Waals surface area (Å²) in [4.78, 5) is 0. The maximum atomic E-state index is 13.3. The minimum absolute atomic E-state index is 0.262. The lowest BCUT2D eigenvalue weighted by Crippen LogP contribution is -2.06. The summed E-state index contributed by atoms with van der Waals surface area (Å²) in [6.07, 6.45) is 0. The summed E-state index contributed by atoms with van der Waals surface area (Å²) >= 11 is 12.1. The Morgan fingerprint density at radius 2 is 1.83 bits per heavy atom. The molecule has 18 heavy (non-hydrogen) atoms. The zero-order valence-corrected chi connectivity index (χ0v) is 11.3. The Morgan fingerprint density at radius 1 is 1.06 bits per heavy atom. The van der Waals surface area contributed by atoms with Gasteiger partial charge in [0.15, 0.2) is 0 Å². The second kappa shape index (κ2) is 5.70. The molecule has 4 heteroatoms. The molecule has 0 atom stereocenters. The number of nitrogens with one attached hydrogen (secondary N) is 1. The fourth-order valence-electron chi connectivity index (χ4n) is 1.87. The van der Waals surface area contributed by atoms with Crippen molar-refractivity contribution in [1.82, 2.24) is 5.32 Å². The highest BCUT2D eigenvalue weighted by Crippen LogP contribution is 2.33. The van der Waals surface area contributed by atoms with Gasteiger partial charge in [0.25, 0.3) is 0 Å². The summed E-state index contributed by atoms with van der Waals surface area (Å²) in [5.41, 5.74) is 2.55. The first-order chi connectivity index (χ1) is 8.61. The molecule has 0 fully saturated rings. The van der Waals surface area contributed by atoms with Gasteiger partial charge < -0.3 is 5.32 Å². The zero-order valence-electron chi connectivity index (χ0n) is 9.81. The Balaban J connectivity index is 2.58. The molecule has 0 aliphatic rings. The molecule has 0 bridgehead atoms. The van der Waals surface area contributed by atoms with E-state index in [2.05, 4.69) is 5.32 Å². The maximum absolute atomic E-state index is 13.3.